The van der Waals surface area contributed by atoms with Crippen molar-refractivity contribution in [3.63, 3.8) is 0 Å². The molecule has 0 atom stereocenters. The lowest BCUT2D eigenvalue weighted by Crippen LogP contribution is -2.18. The van der Waals surface area contributed by atoms with Gasteiger partial charge >= 0.3 is 5.97 Å². The molecule has 0 unspecified atom stereocenters. The zero-order valence-electron chi connectivity index (χ0n) is 11.5. The Morgan fingerprint density at radius 3 is 2.62 bits per heavy atom. The van der Waals surface area contributed by atoms with E-state index in [2.05, 4.69) is 0 Å². The highest BCUT2D eigenvalue weighted by molar-refractivity contribution is 6.31. The van der Waals surface area contributed by atoms with E-state index < -0.39 is 18.4 Å². The molecule has 1 aromatic carbocycles. The molecular weight excluding hydrogens is 296 g/mol. The number of esters is 1. The monoisotopic (exact) mass is 308 g/mol. The summed E-state index contributed by atoms with van der Waals surface area (Å²) in [6, 6.07) is 6.09. The van der Waals surface area contributed by atoms with Gasteiger partial charge in [0, 0.05) is 10.7 Å². The van der Waals surface area contributed by atoms with E-state index in [-0.39, 0.29) is 22.6 Å². The predicted molar refractivity (Wildman–Crippen MR) is 75.8 cm³/mol. The number of rotatable bonds is 5. The Hall–Kier alpha value is -2.52. The Balaban J connectivity index is 2.85. The van der Waals surface area contributed by atoms with Crippen molar-refractivity contribution in [2.45, 2.75) is 6.92 Å². The lowest BCUT2D eigenvalue weighted by Gasteiger charge is -2.08. The number of nitrogens with zero attached hydrogens (tertiary/aromatic N) is 1. The first-order valence-corrected chi connectivity index (χ1v) is 6.18. The molecule has 0 aromatic heterocycles. The number of allylic oxidation sites excluding steroid dienone is 1. The maximum Gasteiger partial charge on any atom is 0.342 e. The highest BCUT2D eigenvalue weighted by atomic mass is 35.5. The first-order chi connectivity index (χ1) is 9.90. The number of Topliss-reactive ketones (excluding diaryl/α,β-unsaturated/α-hetero) is 1. The first-order valence-electron chi connectivity index (χ1n) is 5.81. The molecule has 7 heteroatoms. The number of nitrogens with two attached hydrogens (primary N) is 1. The van der Waals surface area contributed by atoms with E-state index >= 15 is 0 Å². The zero-order valence-corrected chi connectivity index (χ0v) is 12.2. The van der Waals surface area contributed by atoms with Crippen molar-refractivity contribution in [2.24, 2.45) is 5.73 Å². The molecule has 0 fully saturated rings. The number of benzene rings is 1. The van der Waals surface area contributed by atoms with Gasteiger partial charge in [-0.1, -0.05) is 11.6 Å². The Bertz CT molecular complexity index is 643. The lowest BCUT2D eigenvalue weighted by molar-refractivity contribution is -0.118. The third kappa shape index (κ3) is 4.23. The summed E-state index contributed by atoms with van der Waals surface area (Å²) >= 11 is 5.80. The minimum absolute atomic E-state index is 0.0684. The van der Waals surface area contributed by atoms with Crippen molar-refractivity contribution in [1.29, 1.82) is 5.26 Å². The minimum Gasteiger partial charge on any atom is -0.496 e. The third-order valence-electron chi connectivity index (χ3n) is 2.50. The van der Waals surface area contributed by atoms with Gasteiger partial charge in [0.2, 0.25) is 5.78 Å². The third-order valence-corrected chi connectivity index (χ3v) is 2.74. The van der Waals surface area contributed by atoms with E-state index in [1.165, 1.54) is 26.2 Å². The fourth-order valence-corrected chi connectivity index (χ4v) is 1.66. The SMILES string of the molecule is COc1ccc(Cl)cc1C(=O)OCC(=O)/C(C#N)=C(/C)N. The molecule has 0 amide bonds. The van der Waals surface area contributed by atoms with Crippen molar-refractivity contribution >= 4 is 23.4 Å². The molecule has 0 saturated carbocycles. The Morgan fingerprint density at radius 1 is 1.43 bits per heavy atom. The average molecular weight is 309 g/mol. The molecule has 0 aliphatic carbocycles. The summed E-state index contributed by atoms with van der Waals surface area (Å²) in [7, 11) is 1.39. The Kier molecular flexibility index (Phi) is 5.76. The molecule has 1 rings (SSSR count). The molecule has 0 bridgehead atoms. The van der Waals surface area contributed by atoms with Gasteiger partial charge in [0.1, 0.15) is 23.0 Å². The molecule has 1 aromatic rings. The number of hydrogen-bond acceptors (Lipinski definition) is 6. The van der Waals surface area contributed by atoms with Crippen LogP contribution in [0.1, 0.15) is 17.3 Å². The molecule has 0 radical (unpaired) electrons. The molecular formula is C14H13ClN2O4. The van der Waals surface area contributed by atoms with Crippen LogP contribution >= 0.6 is 11.6 Å². The van der Waals surface area contributed by atoms with Crippen LogP contribution in [-0.2, 0) is 9.53 Å². The highest BCUT2D eigenvalue weighted by Gasteiger charge is 2.18. The van der Waals surface area contributed by atoms with Crippen LogP contribution < -0.4 is 10.5 Å². The van der Waals surface area contributed by atoms with Gasteiger partial charge in [-0.3, -0.25) is 4.79 Å². The number of hydrogen-bond donors (Lipinski definition) is 1. The molecule has 110 valence electrons. The normalized spacial score (nSPS) is 11.1. The number of ketones is 1. The molecule has 0 heterocycles. The number of ether oxygens (including phenoxy) is 2. The average Bonchev–Trinajstić information content (AvgIpc) is 2.45. The molecule has 2 N–H and O–H groups in total. The summed E-state index contributed by atoms with van der Waals surface area (Å²) in [5.74, 6) is -1.19. The van der Waals surface area contributed by atoms with E-state index in [0.717, 1.165) is 0 Å². The second-order valence-electron chi connectivity index (χ2n) is 4.01. The summed E-state index contributed by atoms with van der Waals surface area (Å²) in [5.41, 5.74) is 5.31. The van der Waals surface area contributed by atoms with Gasteiger partial charge in [-0.2, -0.15) is 5.26 Å². The highest BCUT2D eigenvalue weighted by Crippen LogP contribution is 2.23. The topological polar surface area (TPSA) is 102 Å². The van der Waals surface area contributed by atoms with E-state index in [4.69, 9.17) is 32.1 Å². The molecule has 0 saturated heterocycles. The Labute approximate surface area is 126 Å². The van der Waals surface area contributed by atoms with Crippen LogP contribution in [0.15, 0.2) is 29.5 Å². The first kappa shape index (κ1) is 16.5. The summed E-state index contributed by atoms with van der Waals surface area (Å²) in [4.78, 5) is 23.6. The number of carbonyl (C=O) groups is 2. The van der Waals surface area contributed by atoms with Crippen molar-refractivity contribution in [3.05, 3.63) is 40.1 Å². The van der Waals surface area contributed by atoms with Crippen LogP contribution in [0.5, 0.6) is 5.75 Å². The van der Waals surface area contributed by atoms with Gasteiger partial charge in [-0.15, -0.1) is 0 Å². The molecule has 0 spiro atoms. The van der Waals surface area contributed by atoms with Crippen LogP contribution in [0, 0.1) is 11.3 Å². The van der Waals surface area contributed by atoms with Crippen LogP contribution in [0.4, 0.5) is 0 Å². The predicted octanol–water partition coefficient (Wildman–Crippen LogP) is 1.83. The maximum atomic E-state index is 11.9. The van der Waals surface area contributed by atoms with Gasteiger partial charge in [0.25, 0.3) is 0 Å². The van der Waals surface area contributed by atoms with Crippen molar-refractivity contribution < 1.29 is 19.1 Å². The van der Waals surface area contributed by atoms with Crippen molar-refractivity contribution in [2.75, 3.05) is 13.7 Å². The molecule has 0 aliphatic heterocycles. The lowest BCUT2D eigenvalue weighted by atomic mass is 10.1. The van der Waals surface area contributed by atoms with Gasteiger partial charge in [-0.05, 0) is 25.1 Å². The number of carbonyl (C=O) groups excluding carboxylic acids is 2. The fraction of sp³-hybridized carbons (Fsp3) is 0.214. The quantitative estimate of drug-likeness (QED) is 0.506. The smallest absolute Gasteiger partial charge is 0.342 e. The standard InChI is InChI=1S/C14H13ClN2O4/c1-8(17)11(6-16)12(18)7-21-14(19)10-5-9(15)3-4-13(10)20-2/h3-5H,7,17H2,1-2H3/b11-8-. The van der Waals surface area contributed by atoms with Gasteiger partial charge in [-0.25, -0.2) is 4.79 Å². The fourth-order valence-electron chi connectivity index (χ4n) is 1.49. The molecule has 21 heavy (non-hydrogen) atoms. The van der Waals surface area contributed by atoms with Crippen LogP contribution in [0.3, 0.4) is 0 Å². The number of methoxy groups -OCH3 is 1. The number of halogens is 1. The summed E-state index contributed by atoms with van der Waals surface area (Å²) in [5, 5.41) is 9.10. The van der Waals surface area contributed by atoms with Crippen LogP contribution in [-0.4, -0.2) is 25.5 Å². The zero-order chi connectivity index (χ0) is 16.0. The molecule has 0 aliphatic rings. The van der Waals surface area contributed by atoms with E-state index in [1.54, 1.807) is 12.1 Å². The van der Waals surface area contributed by atoms with Gasteiger partial charge in [0.15, 0.2) is 6.61 Å². The maximum absolute atomic E-state index is 11.9. The number of nitriles is 1. The Morgan fingerprint density at radius 2 is 2.10 bits per heavy atom. The second kappa shape index (κ2) is 7.31. The summed E-state index contributed by atoms with van der Waals surface area (Å²) in [6.45, 7) is 0.824. The minimum atomic E-state index is -0.783. The van der Waals surface area contributed by atoms with Crippen LogP contribution in [0.2, 0.25) is 5.02 Å². The van der Waals surface area contributed by atoms with Gasteiger partial charge in [0.05, 0.1) is 7.11 Å². The van der Waals surface area contributed by atoms with E-state index in [0.29, 0.717) is 5.02 Å². The molecule has 6 nitrogen and oxygen atoms in total. The van der Waals surface area contributed by atoms with Crippen molar-refractivity contribution in [1.82, 2.24) is 0 Å². The largest absolute Gasteiger partial charge is 0.496 e. The van der Waals surface area contributed by atoms with E-state index in [1.807, 2.05) is 0 Å². The second-order valence-corrected chi connectivity index (χ2v) is 4.45. The summed E-state index contributed by atoms with van der Waals surface area (Å²) < 4.78 is 9.86. The van der Waals surface area contributed by atoms with E-state index in [9.17, 15) is 9.59 Å². The van der Waals surface area contributed by atoms with Crippen LogP contribution in [0.25, 0.3) is 0 Å². The van der Waals surface area contributed by atoms with Crippen molar-refractivity contribution in [3.8, 4) is 11.8 Å². The summed E-state index contributed by atoms with van der Waals surface area (Å²) in [6.07, 6.45) is 0. The van der Waals surface area contributed by atoms with Gasteiger partial charge < -0.3 is 15.2 Å².